The van der Waals surface area contributed by atoms with Crippen LogP contribution in [0.25, 0.3) is 0 Å². The summed E-state index contributed by atoms with van der Waals surface area (Å²) in [5.41, 5.74) is 1.21. The van der Waals surface area contributed by atoms with Crippen LogP contribution in [0.3, 0.4) is 0 Å². The van der Waals surface area contributed by atoms with E-state index in [0.717, 1.165) is 17.8 Å². The van der Waals surface area contributed by atoms with E-state index in [9.17, 15) is 13.6 Å². The van der Waals surface area contributed by atoms with Gasteiger partial charge in [-0.2, -0.15) is 0 Å². The van der Waals surface area contributed by atoms with Crippen molar-refractivity contribution in [3.8, 4) is 0 Å². The van der Waals surface area contributed by atoms with Gasteiger partial charge >= 0.3 is 0 Å². The topological polar surface area (TPSA) is 32.3 Å². The Hall–Kier alpha value is -2.43. The van der Waals surface area contributed by atoms with Crippen LogP contribution in [0.1, 0.15) is 10.4 Å². The maximum Gasteiger partial charge on any atom is 0.255 e. The van der Waals surface area contributed by atoms with E-state index in [4.69, 9.17) is 0 Å². The second-order valence-electron chi connectivity index (χ2n) is 4.52. The Morgan fingerprint density at radius 1 is 1.10 bits per heavy atom. The Balaban J connectivity index is 2.21. The summed E-state index contributed by atoms with van der Waals surface area (Å²) in [6, 6.07) is 9.93. The lowest BCUT2D eigenvalue weighted by Gasteiger charge is -2.13. The average Bonchev–Trinajstić information content (AvgIpc) is 2.42. The van der Waals surface area contributed by atoms with Crippen molar-refractivity contribution in [2.75, 3.05) is 24.3 Å². The van der Waals surface area contributed by atoms with Crippen LogP contribution in [0.15, 0.2) is 42.5 Å². The Kier molecular flexibility index (Phi) is 3.98. The number of nitrogens with zero attached hydrogens (tertiary/aromatic N) is 1. The molecule has 0 spiro atoms. The van der Waals surface area contributed by atoms with Crippen molar-refractivity contribution in [1.82, 2.24) is 0 Å². The van der Waals surface area contributed by atoms with Crippen LogP contribution in [0, 0.1) is 11.6 Å². The molecule has 1 amide bonds. The maximum absolute atomic E-state index is 13.5. The number of nitrogens with one attached hydrogen (secondary N) is 1. The van der Waals surface area contributed by atoms with Gasteiger partial charge < -0.3 is 10.2 Å². The highest BCUT2D eigenvalue weighted by molar-refractivity contribution is 6.04. The third-order valence-electron chi connectivity index (χ3n) is 2.80. The van der Waals surface area contributed by atoms with E-state index in [-0.39, 0.29) is 5.69 Å². The lowest BCUT2D eigenvalue weighted by atomic mass is 10.1. The van der Waals surface area contributed by atoms with Crippen LogP contribution in [0.4, 0.5) is 20.2 Å². The fraction of sp³-hybridized carbons (Fsp3) is 0.133. The summed E-state index contributed by atoms with van der Waals surface area (Å²) in [6.45, 7) is 0. The van der Waals surface area contributed by atoms with E-state index < -0.39 is 17.5 Å². The monoisotopic (exact) mass is 276 g/mol. The first-order valence-electron chi connectivity index (χ1n) is 6.01. The van der Waals surface area contributed by atoms with Crippen LogP contribution in [-0.4, -0.2) is 20.0 Å². The van der Waals surface area contributed by atoms with E-state index >= 15 is 0 Å². The first-order valence-corrected chi connectivity index (χ1v) is 6.01. The van der Waals surface area contributed by atoms with Crippen molar-refractivity contribution < 1.29 is 13.6 Å². The largest absolute Gasteiger partial charge is 0.378 e. The molecule has 1 N–H and O–H groups in total. The van der Waals surface area contributed by atoms with Crippen molar-refractivity contribution in [2.45, 2.75) is 0 Å². The van der Waals surface area contributed by atoms with Crippen molar-refractivity contribution in [2.24, 2.45) is 0 Å². The summed E-state index contributed by atoms with van der Waals surface area (Å²) in [7, 11) is 3.72. The SMILES string of the molecule is CN(C)c1cccc(C(=O)Nc2ccc(F)cc2F)c1. The van der Waals surface area contributed by atoms with E-state index in [2.05, 4.69) is 5.32 Å². The van der Waals surface area contributed by atoms with Gasteiger partial charge in [-0.25, -0.2) is 8.78 Å². The molecule has 3 nitrogen and oxygen atoms in total. The van der Waals surface area contributed by atoms with Gasteiger partial charge in [-0.1, -0.05) is 6.07 Å². The smallest absolute Gasteiger partial charge is 0.255 e. The number of anilines is 2. The minimum absolute atomic E-state index is 0.0494. The second-order valence-corrected chi connectivity index (χ2v) is 4.52. The molecule has 0 aliphatic heterocycles. The normalized spacial score (nSPS) is 10.2. The first-order chi connectivity index (χ1) is 9.47. The molecule has 0 radical (unpaired) electrons. The Labute approximate surface area is 115 Å². The van der Waals surface area contributed by atoms with Crippen LogP contribution in [-0.2, 0) is 0 Å². The Morgan fingerprint density at radius 2 is 1.85 bits per heavy atom. The minimum atomic E-state index is -0.804. The molecule has 104 valence electrons. The van der Waals surface area contributed by atoms with Crippen LogP contribution in [0.2, 0.25) is 0 Å². The molecule has 0 saturated heterocycles. The number of benzene rings is 2. The van der Waals surface area contributed by atoms with Crippen molar-refractivity contribution in [3.05, 3.63) is 59.7 Å². The summed E-state index contributed by atoms with van der Waals surface area (Å²) in [6.07, 6.45) is 0. The fourth-order valence-electron chi connectivity index (χ4n) is 1.71. The highest BCUT2D eigenvalue weighted by Crippen LogP contribution is 2.18. The van der Waals surface area contributed by atoms with E-state index in [1.807, 2.05) is 25.1 Å². The van der Waals surface area contributed by atoms with Crippen molar-refractivity contribution in [1.29, 1.82) is 0 Å². The highest BCUT2D eigenvalue weighted by atomic mass is 19.1. The molecule has 0 saturated carbocycles. The number of carbonyl (C=O) groups is 1. The highest BCUT2D eigenvalue weighted by Gasteiger charge is 2.10. The summed E-state index contributed by atoms with van der Waals surface area (Å²) in [5.74, 6) is -1.93. The van der Waals surface area contributed by atoms with Gasteiger partial charge in [-0.05, 0) is 30.3 Å². The predicted molar refractivity (Wildman–Crippen MR) is 75.1 cm³/mol. The number of halogens is 2. The number of hydrogen-bond donors (Lipinski definition) is 1. The Morgan fingerprint density at radius 3 is 2.50 bits per heavy atom. The van der Waals surface area contributed by atoms with E-state index in [1.54, 1.807) is 18.2 Å². The van der Waals surface area contributed by atoms with Crippen LogP contribution >= 0.6 is 0 Å². The predicted octanol–water partition coefficient (Wildman–Crippen LogP) is 3.28. The fourth-order valence-corrected chi connectivity index (χ4v) is 1.71. The lowest BCUT2D eigenvalue weighted by molar-refractivity contribution is 0.102. The van der Waals surface area contributed by atoms with Gasteiger partial charge in [0.05, 0.1) is 5.69 Å². The van der Waals surface area contributed by atoms with Gasteiger partial charge in [0.15, 0.2) is 0 Å². The quantitative estimate of drug-likeness (QED) is 0.933. The van der Waals surface area contributed by atoms with Crippen molar-refractivity contribution >= 4 is 17.3 Å². The molecule has 0 unspecified atom stereocenters. The summed E-state index contributed by atoms with van der Waals surface area (Å²) in [5, 5.41) is 2.42. The third-order valence-corrected chi connectivity index (χ3v) is 2.80. The third kappa shape index (κ3) is 3.12. The molecule has 2 aromatic rings. The average molecular weight is 276 g/mol. The zero-order chi connectivity index (χ0) is 14.7. The Bertz CT molecular complexity index is 642. The van der Waals surface area contributed by atoms with Gasteiger partial charge in [0, 0.05) is 31.4 Å². The zero-order valence-corrected chi connectivity index (χ0v) is 11.2. The number of hydrogen-bond acceptors (Lipinski definition) is 2. The van der Waals surface area contributed by atoms with Crippen molar-refractivity contribution in [3.63, 3.8) is 0 Å². The molecule has 0 bridgehead atoms. The summed E-state index contributed by atoms with van der Waals surface area (Å²) in [4.78, 5) is 13.9. The lowest BCUT2D eigenvalue weighted by Crippen LogP contribution is -2.15. The van der Waals surface area contributed by atoms with Crippen LogP contribution in [0.5, 0.6) is 0 Å². The number of amides is 1. The number of rotatable bonds is 3. The molecule has 0 aliphatic carbocycles. The van der Waals surface area contributed by atoms with Gasteiger partial charge in [0.1, 0.15) is 11.6 Å². The molecule has 0 atom stereocenters. The molecule has 20 heavy (non-hydrogen) atoms. The molecule has 2 rings (SSSR count). The van der Waals surface area contributed by atoms with Crippen LogP contribution < -0.4 is 10.2 Å². The maximum atomic E-state index is 13.5. The standard InChI is InChI=1S/C15H14F2N2O/c1-19(2)12-5-3-4-10(8-12)15(20)18-14-7-6-11(16)9-13(14)17/h3-9H,1-2H3,(H,18,20). The molecule has 0 fully saturated rings. The minimum Gasteiger partial charge on any atom is -0.378 e. The summed E-state index contributed by atoms with van der Waals surface area (Å²) >= 11 is 0. The molecule has 0 aromatic heterocycles. The molecule has 0 aliphatic rings. The molecule has 0 heterocycles. The second kappa shape index (κ2) is 5.69. The van der Waals surface area contributed by atoms with Gasteiger partial charge in [0.2, 0.25) is 0 Å². The van der Waals surface area contributed by atoms with Gasteiger partial charge in [0.25, 0.3) is 5.91 Å². The molecule has 5 heteroatoms. The van der Waals surface area contributed by atoms with E-state index in [1.165, 1.54) is 6.07 Å². The van der Waals surface area contributed by atoms with Gasteiger partial charge in [-0.15, -0.1) is 0 Å². The number of carbonyl (C=O) groups excluding carboxylic acids is 1. The van der Waals surface area contributed by atoms with E-state index in [0.29, 0.717) is 5.56 Å². The van der Waals surface area contributed by atoms with Gasteiger partial charge in [-0.3, -0.25) is 4.79 Å². The molecule has 2 aromatic carbocycles. The first kappa shape index (κ1) is 14.0. The molecular formula is C15H14F2N2O. The zero-order valence-electron chi connectivity index (χ0n) is 11.2. The molecular weight excluding hydrogens is 262 g/mol. The summed E-state index contributed by atoms with van der Waals surface area (Å²) < 4.78 is 26.3.